The third-order valence-corrected chi connectivity index (χ3v) is 2.74. The Morgan fingerprint density at radius 3 is 2.75 bits per heavy atom. The molecule has 4 heteroatoms. The van der Waals surface area contributed by atoms with Crippen molar-refractivity contribution in [3.05, 3.63) is 23.3 Å². The molecule has 0 bridgehead atoms. The third kappa shape index (κ3) is 1.80. The van der Waals surface area contributed by atoms with Gasteiger partial charge in [-0.05, 0) is 25.5 Å². The molecule has 0 saturated carbocycles. The fraction of sp³-hybridized carbons (Fsp3) is 0.500. The summed E-state index contributed by atoms with van der Waals surface area (Å²) >= 11 is 0. The quantitative estimate of drug-likeness (QED) is 0.826. The van der Waals surface area contributed by atoms with Gasteiger partial charge in [0.05, 0.1) is 5.69 Å². The zero-order valence-electron chi connectivity index (χ0n) is 10.0. The first kappa shape index (κ1) is 11.1. The molecule has 0 aliphatic carbocycles. The van der Waals surface area contributed by atoms with Gasteiger partial charge in [-0.1, -0.05) is 13.8 Å². The van der Waals surface area contributed by atoms with Crippen LogP contribution in [-0.2, 0) is 6.42 Å². The average molecular weight is 218 g/mol. The minimum Gasteiger partial charge on any atom is -0.346 e. The Balaban J connectivity index is 2.59. The van der Waals surface area contributed by atoms with Gasteiger partial charge in [0.2, 0.25) is 0 Å². The lowest BCUT2D eigenvalue weighted by Crippen LogP contribution is -2.04. The highest BCUT2D eigenvalue weighted by atomic mass is 15.0. The molecule has 2 aromatic rings. The molecule has 0 radical (unpaired) electrons. The van der Waals surface area contributed by atoms with Crippen molar-refractivity contribution < 1.29 is 0 Å². The van der Waals surface area contributed by atoms with Gasteiger partial charge >= 0.3 is 0 Å². The predicted octanol–water partition coefficient (Wildman–Crippen LogP) is 1.89. The number of hydrogen-bond donors (Lipinski definition) is 2. The highest BCUT2D eigenvalue weighted by Gasteiger charge is 2.11. The van der Waals surface area contributed by atoms with Crippen LogP contribution in [0, 0.1) is 6.92 Å². The summed E-state index contributed by atoms with van der Waals surface area (Å²) in [5.41, 5.74) is 8.77. The topological polar surface area (TPSA) is 67.6 Å². The highest BCUT2D eigenvalue weighted by molar-refractivity contribution is 5.82. The van der Waals surface area contributed by atoms with Crippen LogP contribution in [0.25, 0.3) is 11.0 Å². The molecule has 0 fully saturated rings. The van der Waals surface area contributed by atoms with E-state index in [2.05, 4.69) is 28.8 Å². The second kappa shape index (κ2) is 4.22. The predicted molar refractivity (Wildman–Crippen MR) is 65.5 cm³/mol. The van der Waals surface area contributed by atoms with Crippen molar-refractivity contribution in [2.24, 2.45) is 5.73 Å². The van der Waals surface area contributed by atoms with Gasteiger partial charge in [-0.15, -0.1) is 0 Å². The van der Waals surface area contributed by atoms with E-state index >= 15 is 0 Å². The van der Waals surface area contributed by atoms with Crippen LogP contribution >= 0.6 is 0 Å². The van der Waals surface area contributed by atoms with Gasteiger partial charge in [0.1, 0.15) is 11.5 Å². The molecule has 16 heavy (non-hydrogen) atoms. The van der Waals surface area contributed by atoms with E-state index in [4.69, 9.17) is 5.73 Å². The SMILES string of the molecule is Cc1nc(C(C)C)nc2[nH]cc(CCN)c12. The number of nitrogens with one attached hydrogen (secondary N) is 1. The van der Waals surface area contributed by atoms with Crippen molar-refractivity contribution >= 4 is 11.0 Å². The maximum absolute atomic E-state index is 5.58. The van der Waals surface area contributed by atoms with E-state index in [1.54, 1.807) is 0 Å². The largest absolute Gasteiger partial charge is 0.346 e. The molecule has 0 amide bonds. The van der Waals surface area contributed by atoms with Crippen LogP contribution in [0.2, 0.25) is 0 Å². The summed E-state index contributed by atoms with van der Waals surface area (Å²) in [4.78, 5) is 12.3. The first-order valence-electron chi connectivity index (χ1n) is 5.68. The van der Waals surface area contributed by atoms with Crippen LogP contribution in [0.5, 0.6) is 0 Å². The molecule has 86 valence electrons. The fourth-order valence-corrected chi connectivity index (χ4v) is 1.92. The van der Waals surface area contributed by atoms with Crippen LogP contribution in [0.3, 0.4) is 0 Å². The van der Waals surface area contributed by atoms with E-state index in [1.807, 2.05) is 13.1 Å². The van der Waals surface area contributed by atoms with Gasteiger partial charge in [0.15, 0.2) is 0 Å². The van der Waals surface area contributed by atoms with E-state index in [0.717, 1.165) is 29.0 Å². The maximum atomic E-state index is 5.58. The monoisotopic (exact) mass is 218 g/mol. The fourth-order valence-electron chi connectivity index (χ4n) is 1.92. The number of hydrogen-bond acceptors (Lipinski definition) is 3. The van der Waals surface area contributed by atoms with Crippen LogP contribution in [0.4, 0.5) is 0 Å². The molecule has 0 aliphatic heterocycles. The van der Waals surface area contributed by atoms with E-state index in [9.17, 15) is 0 Å². The lowest BCUT2D eigenvalue weighted by molar-refractivity contribution is 0.775. The number of nitrogens with two attached hydrogens (primary N) is 1. The van der Waals surface area contributed by atoms with Gasteiger partial charge in [0, 0.05) is 17.5 Å². The smallest absolute Gasteiger partial charge is 0.141 e. The molecule has 2 heterocycles. The second-order valence-corrected chi connectivity index (χ2v) is 4.40. The lowest BCUT2D eigenvalue weighted by Gasteiger charge is -2.06. The first-order valence-corrected chi connectivity index (χ1v) is 5.68. The minimum absolute atomic E-state index is 0.351. The molecule has 4 nitrogen and oxygen atoms in total. The summed E-state index contributed by atoms with van der Waals surface area (Å²) in [5.74, 6) is 1.25. The van der Waals surface area contributed by atoms with E-state index in [1.165, 1.54) is 5.56 Å². The number of fused-ring (bicyclic) bond motifs is 1. The number of rotatable bonds is 3. The molecule has 0 atom stereocenters. The molecule has 0 aromatic carbocycles. The molecular weight excluding hydrogens is 200 g/mol. The summed E-state index contributed by atoms with van der Waals surface area (Å²) in [6.45, 7) is 6.89. The molecule has 2 aromatic heterocycles. The first-order chi connectivity index (χ1) is 7.63. The summed E-state index contributed by atoms with van der Waals surface area (Å²) < 4.78 is 0. The summed E-state index contributed by atoms with van der Waals surface area (Å²) in [6, 6.07) is 0. The molecule has 0 spiro atoms. The minimum atomic E-state index is 0.351. The molecular formula is C12H18N4. The Hall–Kier alpha value is -1.42. The summed E-state index contributed by atoms with van der Waals surface area (Å²) in [6.07, 6.45) is 2.86. The Bertz CT molecular complexity index is 499. The van der Waals surface area contributed by atoms with Crippen molar-refractivity contribution in [2.45, 2.75) is 33.1 Å². The van der Waals surface area contributed by atoms with Gasteiger partial charge in [0.25, 0.3) is 0 Å². The number of aromatic amines is 1. The summed E-state index contributed by atoms with van der Waals surface area (Å²) in [7, 11) is 0. The Morgan fingerprint density at radius 1 is 1.38 bits per heavy atom. The number of aromatic nitrogens is 3. The Kier molecular flexibility index (Phi) is 2.92. The van der Waals surface area contributed by atoms with Gasteiger partial charge in [-0.2, -0.15) is 0 Å². The van der Waals surface area contributed by atoms with Crippen molar-refractivity contribution in [3.8, 4) is 0 Å². The van der Waals surface area contributed by atoms with Crippen molar-refractivity contribution in [3.63, 3.8) is 0 Å². The molecule has 0 saturated heterocycles. The Morgan fingerprint density at radius 2 is 2.12 bits per heavy atom. The van der Waals surface area contributed by atoms with E-state index in [-0.39, 0.29) is 0 Å². The van der Waals surface area contributed by atoms with Crippen molar-refractivity contribution in [2.75, 3.05) is 6.54 Å². The van der Waals surface area contributed by atoms with Crippen LogP contribution in [0.15, 0.2) is 6.20 Å². The van der Waals surface area contributed by atoms with Crippen molar-refractivity contribution in [1.29, 1.82) is 0 Å². The Labute approximate surface area is 95.3 Å². The average Bonchev–Trinajstić information content (AvgIpc) is 2.62. The number of H-pyrrole nitrogens is 1. The molecule has 2 rings (SSSR count). The van der Waals surface area contributed by atoms with Gasteiger partial charge < -0.3 is 10.7 Å². The molecule has 0 unspecified atom stereocenters. The van der Waals surface area contributed by atoms with E-state index in [0.29, 0.717) is 12.5 Å². The van der Waals surface area contributed by atoms with Gasteiger partial charge in [-0.3, -0.25) is 0 Å². The van der Waals surface area contributed by atoms with Gasteiger partial charge in [-0.25, -0.2) is 9.97 Å². The normalized spacial score (nSPS) is 11.6. The van der Waals surface area contributed by atoms with Crippen LogP contribution < -0.4 is 5.73 Å². The highest BCUT2D eigenvalue weighted by Crippen LogP contribution is 2.22. The van der Waals surface area contributed by atoms with E-state index < -0.39 is 0 Å². The van der Waals surface area contributed by atoms with Crippen LogP contribution in [0.1, 0.15) is 36.8 Å². The number of aryl methyl sites for hydroxylation is 1. The van der Waals surface area contributed by atoms with Crippen molar-refractivity contribution in [1.82, 2.24) is 15.0 Å². The molecule has 3 N–H and O–H groups in total. The summed E-state index contributed by atoms with van der Waals surface area (Å²) in [5, 5.41) is 1.13. The second-order valence-electron chi connectivity index (χ2n) is 4.40. The number of nitrogens with zero attached hydrogens (tertiary/aromatic N) is 2. The lowest BCUT2D eigenvalue weighted by atomic mass is 10.1. The third-order valence-electron chi connectivity index (χ3n) is 2.74. The maximum Gasteiger partial charge on any atom is 0.141 e. The zero-order valence-corrected chi connectivity index (χ0v) is 10.0. The zero-order chi connectivity index (χ0) is 11.7. The molecule has 0 aliphatic rings. The van der Waals surface area contributed by atoms with Crippen LogP contribution in [-0.4, -0.2) is 21.5 Å². The standard InChI is InChI=1S/C12H18N4/c1-7(2)11-15-8(3)10-9(4-5-13)6-14-12(10)16-11/h6-7H,4-5,13H2,1-3H3,(H,14,15,16).